The predicted octanol–water partition coefficient (Wildman–Crippen LogP) is 3.07. The van der Waals surface area contributed by atoms with Gasteiger partial charge in [0.15, 0.2) is 0 Å². The number of hydrazine groups is 1. The number of carbonyl (C=O) groups is 2. The van der Waals surface area contributed by atoms with Crippen LogP contribution in [0.4, 0.5) is 18.9 Å². The number of benzene rings is 1. The van der Waals surface area contributed by atoms with Crippen molar-refractivity contribution in [1.82, 2.24) is 5.43 Å². The van der Waals surface area contributed by atoms with Gasteiger partial charge in [0.2, 0.25) is 0 Å². The number of nitrogens with one attached hydrogen (secondary N) is 1. The minimum absolute atomic E-state index is 0.0813. The van der Waals surface area contributed by atoms with Gasteiger partial charge in [-0.15, -0.1) is 0 Å². The summed E-state index contributed by atoms with van der Waals surface area (Å²) in [6.45, 7) is 1.70. The molecule has 1 fully saturated rings. The summed E-state index contributed by atoms with van der Waals surface area (Å²) in [5.74, 6) is -0.570. The first-order chi connectivity index (χ1) is 11.3. The molecule has 0 bridgehead atoms. The van der Waals surface area contributed by atoms with Crippen LogP contribution in [0.5, 0.6) is 0 Å². The molecule has 2 aromatic rings. The molecule has 1 aliphatic rings. The number of carbonyl (C=O) groups excluding carboxylic acids is 2. The van der Waals surface area contributed by atoms with Crippen molar-refractivity contribution in [1.29, 1.82) is 0 Å². The van der Waals surface area contributed by atoms with Crippen molar-refractivity contribution in [2.24, 2.45) is 0 Å². The van der Waals surface area contributed by atoms with E-state index in [0.717, 1.165) is 23.2 Å². The van der Waals surface area contributed by atoms with Crippen LogP contribution in [-0.4, -0.2) is 11.8 Å². The van der Waals surface area contributed by atoms with Gasteiger partial charge < -0.3 is 4.42 Å². The standard InChI is InChI=1S/C16H11F3N2O3/c1-9-5-6-12(24-9)8-13-14(22)20-21(15(13)23)11-4-2-3-10(7-11)16(17,18)19/h2-8H,1H3,(H,20,22)/b13-8+. The maximum Gasteiger partial charge on any atom is 0.416 e. The summed E-state index contributed by atoms with van der Waals surface area (Å²) in [6, 6.07) is 7.37. The van der Waals surface area contributed by atoms with Gasteiger partial charge in [0.05, 0.1) is 11.3 Å². The molecule has 3 rings (SSSR count). The van der Waals surface area contributed by atoms with Crippen LogP contribution in [0.25, 0.3) is 6.08 Å². The van der Waals surface area contributed by atoms with Crippen molar-refractivity contribution in [2.45, 2.75) is 13.1 Å². The highest BCUT2D eigenvalue weighted by atomic mass is 19.4. The SMILES string of the molecule is Cc1ccc(/C=C2\C(=O)NN(c3cccc(C(F)(F)F)c3)C2=O)o1. The molecule has 124 valence electrons. The second-order valence-electron chi connectivity index (χ2n) is 5.14. The second kappa shape index (κ2) is 5.55. The Bertz CT molecular complexity index is 852. The molecular weight excluding hydrogens is 325 g/mol. The molecule has 2 amide bonds. The van der Waals surface area contributed by atoms with Crippen LogP contribution in [-0.2, 0) is 15.8 Å². The van der Waals surface area contributed by atoms with Gasteiger partial charge in [-0.1, -0.05) is 6.07 Å². The lowest BCUT2D eigenvalue weighted by Gasteiger charge is -2.16. The number of hydrogen-bond acceptors (Lipinski definition) is 3. The van der Waals surface area contributed by atoms with E-state index in [4.69, 9.17) is 4.42 Å². The van der Waals surface area contributed by atoms with Crippen molar-refractivity contribution in [3.63, 3.8) is 0 Å². The number of aryl methyl sites for hydroxylation is 1. The number of nitrogens with zero attached hydrogens (tertiary/aromatic N) is 1. The molecule has 8 heteroatoms. The van der Waals surface area contributed by atoms with Gasteiger partial charge in [-0.05, 0) is 43.3 Å². The zero-order valence-electron chi connectivity index (χ0n) is 12.3. The number of rotatable bonds is 2. The molecule has 0 aliphatic carbocycles. The van der Waals surface area contributed by atoms with Crippen LogP contribution in [0.15, 0.2) is 46.4 Å². The number of halogens is 3. The van der Waals surface area contributed by atoms with Crippen LogP contribution in [0.3, 0.4) is 0 Å². The largest absolute Gasteiger partial charge is 0.462 e. The molecule has 1 N–H and O–H groups in total. The Morgan fingerprint density at radius 2 is 1.92 bits per heavy atom. The van der Waals surface area contributed by atoms with E-state index in [1.54, 1.807) is 19.1 Å². The van der Waals surface area contributed by atoms with Gasteiger partial charge in [-0.25, -0.2) is 5.01 Å². The molecule has 0 saturated carbocycles. The van der Waals surface area contributed by atoms with Crippen LogP contribution < -0.4 is 10.4 Å². The highest BCUT2D eigenvalue weighted by Gasteiger charge is 2.36. The lowest BCUT2D eigenvalue weighted by Crippen LogP contribution is -2.35. The van der Waals surface area contributed by atoms with E-state index in [1.165, 1.54) is 12.1 Å². The second-order valence-corrected chi connectivity index (χ2v) is 5.14. The normalized spacial score (nSPS) is 16.8. The maximum absolute atomic E-state index is 12.8. The third-order valence-corrected chi connectivity index (χ3v) is 3.37. The molecule has 0 unspecified atom stereocenters. The highest BCUT2D eigenvalue weighted by Crippen LogP contribution is 2.32. The van der Waals surface area contributed by atoms with Crippen LogP contribution in [0.1, 0.15) is 17.1 Å². The summed E-state index contributed by atoms with van der Waals surface area (Å²) in [4.78, 5) is 24.3. The average molecular weight is 336 g/mol. The molecule has 1 saturated heterocycles. The van der Waals surface area contributed by atoms with E-state index in [0.29, 0.717) is 11.5 Å². The summed E-state index contributed by atoms with van der Waals surface area (Å²) in [7, 11) is 0. The van der Waals surface area contributed by atoms with E-state index in [2.05, 4.69) is 5.43 Å². The zero-order valence-corrected chi connectivity index (χ0v) is 12.3. The van der Waals surface area contributed by atoms with E-state index in [-0.39, 0.29) is 11.3 Å². The van der Waals surface area contributed by atoms with Gasteiger partial charge in [0, 0.05) is 0 Å². The number of anilines is 1. The van der Waals surface area contributed by atoms with Gasteiger partial charge in [-0.2, -0.15) is 13.2 Å². The van der Waals surface area contributed by atoms with Gasteiger partial charge >= 0.3 is 6.18 Å². The number of amides is 2. The summed E-state index contributed by atoms with van der Waals surface area (Å²) in [5.41, 5.74) is 1.03. The average Bonchev–Trinajstić information content (AvgIpc) is 3.05. The molecule has 1 aromatic carbocycles. The first-order valence-corrected chi connectivity index (χ1v) is 6.86. The topological polar surface area (TPSA) is 62.6 Å². The van der Waals surface area contributed by atoms with Gasteiger partial charge in [0.1, 0.15) is 17.1 Å². The molecule has 24 heavy (non-hydrogen) atoms. The molecule has 1 aliphatic heterocycles. The Morgan fingerprint density at radius 1 is 1.17 bits per heavy atom. The summed E-state index contributed by atoms with van der Waals surface area (Å²) >= 11 is 0. The van der Waals surface area contributed by atoms with E-state index in [9.17, 15) is 22.8 Å². The molecule has 5 nitrogen and oxygen atoms in total. The summed E-state index contributed by atoms with van der Waals surface area (Å²) in [6.07, 6.45) is -3.30. The van der Waals surface area contributed by atoms with Crippen LogP contribution in [0, 0.1) is 6.92 Å². The van der Waals surface area contributed by atoms with E-state index >= 15 is 0 Å². The molecule has 0 radical (unpaired) electrons. The van der Waals surface area contributed by atoms with Crippen LogP contribution in [0.2, 0.25) is 0 Å². The maximum atomic E-state index is 12.8. The number of hydrogen-bond donors (Lipinski definition) is 1. The molecule has 0 spiro atoms. The Labute approximate surface area is 134 Å². The lowest BCUT2D eigenvalue weighted by molar-refractivity contribution is -0.137. The summed E-state index contributed by atoms with van der Waals surface area (Å²) in [5, 5.41) is 0.777. The van der Waals surface area contributed by atoms with Gasteiger partial charge in [-0.3, -0.25) is 15.0 Å². The molecule has 0 atom stereocenters. The van der Waals surface area contributed by atoms with E-state index in [1.807, 2.05) is 0 Å². The Kier molecular flexibility index (Phi) is 3.67. The fourth-order valence-corrected chi connectivity index (χ4v) is 2.23. The fraction of sp³-hybridized carbons (Fsp3) is 0.125. The highest BCUT2D eigenvalue weighted by molar-refractivity contribution is 6.31. The lowest BCUT2D eigenvalue weighted by atomic mass is 10.1. The first-order valence-electron chi connectivity index (χ1n) is 6.86. The van der Waals surface area contributed by atoms with Crippen molar-refractivity contribution in [3.8, 4) is 0 Å². The fourth-order valence-electron chi connectivity index (χ4n) is 2.23. The molecule has 2 heterocycles. The third-order valence-electron chi connectivity index (χ3n) is 3.37. The van der Waals surface area contributed by atoms with Gasteiger partial charge in [0.25, 0.3) is 11.8 Å². The minimum atomic E-state index is -4.55. The van der Waals surface area contributed by atoms with Crippen LogP contribution >= 0.6 is 0 Å². The van der Waals surface area contributed by atoms with E-state index < -0.39 is 23.6 Å². The predicted molar refractivity (Wildman–Crippen MR) is 78.5 cm³/mol. The molecular formula is C16H11F3N2O3. The Morgan fingerprint density at radius 3 is 2.54 bits per heavy atom. The molecule has 1 aromatic heterocycles. The minimum Gasteiger partial charge on any atom is -0.462 e. The first kappa shape index (κ1) is 15.9. The van der Waals surface area contributed by atoms with Crippen molar-refractivity contribution < 1.29 is 27.2 Å². The zero-order chi connectivity index (χ0) is 17.5. The Balaban J connectivity index is 1.93. The number of furan rings is 1. The van der Waals surface area contributed by atoms with Crippen molar-refractivity contribution in [3.05, 3.63) is 59.1 Å². The quantitative estimate of drug-likeness (QED) is 0.677. The number of alkyl halides is 3. The van der Waals surface area contributed by atoms with Crippen molar-refractivity contribution in [2.75, 3.05) is 5.01 Å². The summed E-state index contributed by atoms with van der Waals surface area (Å²) < 4.78 is 43.6. The Hall–Kier alpha value is -3.03. The smallest absolute Gasteiger partial charge is 0.416 e. The van der Waals surface area contributed by atoms with Crippen molar-refractivity contribution >= 4 is 23.6 Å². The monoisotopic (exact) mass is 336 g/mol. The third kappa shape index (κ3) is 2.90.